The largest absolute Gasteiger partial charge is 0.463 e. The summed E-state index contributed by atoms with van der Waals surface area (Å²) >= 11 is 11.6. The van der Waals surface area contributed by atoms with E-state index >= 15 is 0 Å². The Morgan fingerprint density at radius 1 is 1.04 bits per heavy atom. The number of amides is 1. The van der Waals surface area contributed by atoms with E-state index in [4.69, 9.17) is 23.2 Å². The zero-order valence-electron chi connectivity index (χ0n) is 14.4. The second kappa shape index (κ2) is 8.70. The summed E-state index contributed by atoms with van der Waals surface area (Å²) in [5, 5.41) is 3.80. The monoisotopic (exact) mass is 434 g/mol. The van der Waals surface area contributed by atoms with Gasteiger partial charge in [0.1, 0.15) is 0 Å². The first-order valence-electron chi connectivity index (χ1n) is 7.95. The van der Waals surface area contributed by atoms with Gasteiger partial charge in [-0.3, -0.25) is 4.79 Å². The summed E-state index contributed by atoms with van der Waals surface area (Å²) in [6, 6.07) is 10.7. The van der Waals surface area contributed by atoms with Crippen molar-refractivity contribution in [1.29, 1.82) is 0 Å². The van der Waals surface area contributed by atoms with Gasteiger partial charge in [-0.25, -0.2) is 4.79 Å². The van der Waals surface area contributed by atoms with E-state index < -0.39 is 23.7 Å². The molecule has 0 aromatic heterocycles. The number of rotatable bonds is 6. The van der Waals surface area contributed by atoms with Crippen LogP contribution in [-0.4, -0.2) is 30.3 Å². The van der Waals surface area contributed by atoms with Crippen molar-refractivity contribution in [1.82, 2.24) is 5.32 Å². The molecule has 0 radical (unpaired) electrons. The van der Waals surface area contributed by atoms with Crippen molar-refractivity contribution in [3.8, 4) is 0 Å². The molecule has 1 atom stereocenters. The molecule has 0 aliphatic heterocycles. The molecule has 0 heterocycles. The highest BCUT2D eigenvalue weighted by atomic mass is 35.5. The smallest absolute Gasteiger partial charge is 0.441 e. The van der Waals surface area contributed by atoms with Crippen LogP contribution in [0.3, 0.4) is 0 Å². The molecule has 2 N–H and O–H groups in total. The standard InChI is InChI=1S/C18H15Cl2F3N2O3/c1-2-28-16(27)17(18(21,22)23,24-12-8-9-13(19)14(20)10-12)25-15(26)11-6-4-3-5-7-11/h3-10,24H,2H2,1H3,(H,25,26). The van der Waals surface area contributed by atoms with Crippen LogP contribution in [0.15, 0.2) is 48.5 Å². The lowest BCUT2D eigenvalue weighted by Gasteiger charge is -2.35. The Balaban J connectivity index is 2.52. The second-order valence-electron chi connectivity index (χ2n) is 5.54. The number of benzene rings is 2. The highest BCUT2D eigenvalue weighted by molar-refractivity contribution is 6.42. The van der Waals surface area contributed by atoms with Gasteiger partial charge in [0.25, 0.3) is 5.91 Å². The molecule has 2 rings (SSSR count). The molecule has 0 aliphatic carbocycles. The average molecular weight is 435 g/mol. The van der Waals surface area contributed by atoms with Gasteiger partial charge < -0.3 is 15.4 Å². The van der Waals surface area contributed by atoms with Crippen molar-refractivity contribution in [2.75, 3.05) is 11.9 Å². The Morgan fingerprint density at radius 3 is 2.21 bits per heavy atom. The molecule has 10 heteroatoms. The molecular weight excluding hydrogens is 420 g/mol. The predicted octanol–water partition coefficient (Wildman–Crippen LogP) is 4.66. The Bertz CT molecular complexity index is 863. The molecule has 28 heavy (non-hydrogen) atoms. The topological polar surface area (TPSA) is 67.4 Å². The van der Waals surface area contributed by atoms with Gasteiger partial charge in [0.2, 0.25) is 0 Å². The van der Waals surface area contributed by atoms with Gasteiger partial charge in [-0.1, -0.05) is 41.4 Å². The summed E-state index contributed by atoms with van der Waals surface area (Å²) < 4.78 is 46.8. The predicted molar refractivity (Wildman–Crippen MR) is 99.4 cm³/mol. The molecule has 0 bridgehead atoms. The number of anilines is 1. The molecule has 2 aromatic rings. The minimum atomic E-state index is -5.25. The van der Waals surface area contributed by atoms with Crippen molar-refractivity contribution >= 4 is 40.8 Å². The normalized spacial score (nSPS) is 13.4. The second-order valence-corrected chi connectivity index (χ2v) is 6.36. The van der Waals surface area contributed by atoms with Crippen LogP contribution in [0.2, 0.25) is 10.0 Å². The molecule has 1 amide bonds. The molecule has 150 valence electrons. The Kier molecular flexibility index (Phi) is 6.79. The molecule has 0 saturated heterocycles. The average Bonchev–Trinajstić information content (AvgIpc) is 2.64. The SMILES string of the molecule is CCOC(=O)C(NC(=O)c1ccccc1)(Nc1ccc(Cl)c(Cl)c1)C(F)(F)F. The summed E-state index contributed by atoms with van der Waals surface area (Å²) in [6.07, 6.45) is -5.25. The molecule has 0 aliphatic rings. The molecule has 0 saturated carbocycles. The summed E-state index contributed by atoms with van der Waals surface area (Å²) in [7, 11) is 0. The first-order valence-corrected chi connectivity index (χ1v) is 8.71. The maximum absolute atomic E-state index is 14.1. The van der Waals surface area contributed by atoms with Gasteiger partial charge in [0.05, 0.1) is 16.7 Å². The number of hydrogen-bond acceptors (Lipinski definition) is 4. The zero-order chi connectivity index (χ0) is 20.9. The van der Waals surface area contributed by atoms with E-state index in [-0.39, 0.29) is 27.9 Å². The molecule has 0 spiro atoms. The quantitative estimate of drug-likeness (QED) is 0.512. The number of hydrogen-bond donors (Lipinski definition) is 2. The molecule has 1 unspecified atom stereocenters. The van der Waals surface area contributed by atoms with Crippen LogP contribution in [0, 0.1) is 0 Å². The van der Waals surface area contributed by atoms with E-state index in [0.717, 1.165) is 6.07 Å². The fourth-order valence-electron chi connectivity index (χ4n) is 2.25. The fraction of sp³-hybridized carbons (Fsp3) is 0.222. The van der Waals surface area contributed by atoms with Crippen LogP contribution < -0.4 is 10.6 Å². The maximum Gasteiger partial charge on any atom is 0.441 e. The molecule has 2 aromatic carbocycles. The summed E-state index contributed by atoms with van der Waals surface area (Å²) in [6.45, 7) is 1.01. The van der Waals surface area contributed by atoms with Crippen LogP contribution in [0.4, 0.5) is 18.9 Å². The summed E-state index contributed by atoms with van der Waals surface area (Å²) in [5.41, 5.74) is -3.82. The highest BCUT2D eigenvalue weighted by Gasteiger charge is 2.63. The third-order valence-electron chi connectivity index (χ3n) is 3.60. The number of halogens is 5. The van der Waals surface area contributed by atoms with Crippen molar-refractivity contribution in [2.24, 2.45) is 0 Å². The van der Waals surface area contributed by atoms with Gasteiger partial charge in [-0.15, -0.1) is 0 Å². The fourth-order valence-corrected chi connectivity index (χ4v) is 2.55. The number of esters is 1. The lowest BCUT2D eigenvalue weighted by atomic mass is 10.1. The van der Waals surface area contributed by atoms with Crippen molar-refractivity contribution < 1.29 is 27.5 Å². The number of carbonyl (C=O) groups is 2. The van der Waals surface area contributed by atoms with E-state index in [1.807, 2.05) is 5.32 Å². The number of alkyl halides is 3. The Labute approximate surface area is 168 Å². The van der Waals surface area contributed by atoms with Crippen LogP contribution in [0.5, 0.6) is 0 Å². The zero-order valence-corrected chi connectivity index (χ0v) is 16.0. The van der Waals surface area contributed by atoms with Crippen molar-refractivity contribution in [3.63, 3.8) is 0 Å². The first-order chi connectivity index (χ1) is 13.1. The number of nitrogens with one attached hydrogen (secondary N) is 2. The van der Waals surface area contributed by atoms with E-state index in [9.17, 15) is 22.8 Å². The minimum Gasteiger partial charge on any atom is -0.463 e. The van der Waals surface area contributed by atoms with Gasteiger partial charge in [-0.05, 0) is 37.3 Å². The van der Waals surface area contributed by atoms with E-state index in [1.165, 1.54) is 43.3 Å². The Morgan fingerprint density at radius 2 is 1.68 bits per heavy atom. The first kappa shape index (κ1) is 21.8. The van der Waals surface area contributed by atoms with Gasteiger partial charge >= 0.3 is 17.8 Å². The lowest BCUT2D eigenvalue weighted by Crippen LogP contribution is -2.69. The van der Waals surface area contributed by atoms with Crippen LogP contribution in [0.1, 0.15) is 17.3 Å². The Hall–Kier alpha value is -2.45. The van der Waals surface area contributed by atoms with Crippen LogP contribution >= 0.6 is 23.2 Å². The highest BCUT2D eigenvalue weighted by Crippen LogP contribution is 2.35. The van der Waals surface area contributed by atoms with Gasteiger partial charge in [-0.2, -0.15) is 13.2 Å². The van der Waals surface area contributed by atoms with Crippen LogP contribution in [-0.2, 0) is 9.53 Å². The third kappa shape index (κ3) is 4.69. The summed E-state index contributed by atoms with van der Waals surface area (Å²) in [4.78, 5) is 24.8. The van der Waals surface area contributed by atoms with Crippen molar-refractivity contribution in [2.45, 2.75) is 18.8 Å². The van der Waals surface area contributed by atoms with Crippen LogP contribution in [0.25, 0.3) is 0 Å². The lowest BCUT2D eigenvalue weighted by molar-refractivity contribution is -0.204. The van der Waals surface area contributed by atoms with E-state index in [1.54, 1.807) is 11.4 Å². The van der Waals surface area contributed by atoms with Gasteiger partial charge in [0.15, 0.2) is 0 Å². The number of ether oxygens (including phenoxy) is 1. The number of carbonyl (C=O) groups excluding carboxylic acids is 2. The molecule has 5 nitrogen and oxygen atoms in total. The van der Waals surface area contributed by atoms with E-state index in [0.29, 0.717) is 0 Å². The third-order valence-corrected chi connectivity index (χ3v) is 4.33. The maximum atomic E-state index is 14.1. The molecule has 0 fully saturated rings. The molecular formula is C18H15Cl2F3N2O3. The van der Waals surface area contributed by atoms with Gasteiger partial charge in [0, 0.05) is 11.3 Å². The van der Waals surface area contributed by atoms with E-state index in [2.05, 4.69) is 4.74 Å². The summed E-state index contributed by atoms with van der Waals surface area (Å²) in [5.74, 6) is -2.85. The minimum absolute atomic E-state index is 0.0408. The van der Waals surface area contributed by atoms with Crippen molar-refractivity contribution in [3.05, 3.63) is 64.1 Å².